The average Bonchev–Trinajstić information content (AvgIpc) is 3.54. The monoisotopic (exact) mass is 617 g/mol. The Bertz CT molecular complexity index is 2740. The Morgan fingerprint density at radius 2 is 1.06 bits per heavy atom. The van der Waals surface area contributed by atoms with E-state index in [0.29, 0.717) is 17.5 Å². The SMILES string of the molecule is C1=Cc2c(sc3cccc(-c4nc(-c5ccccc5)nc(-c5cc6c7ccccc7c7ccccc7c6c6ccccc56)n4)c23)CC1. The van der Waals surface area contributed by atoms with E-state index in [4.69, 9.17) is 15.0 Å². The highest BCUT2D eigenvalue weighted by atomic mass is 32.1. The van der Waals surface area contributed by atoms with E-state index in [9.17, 15) is 0 Å². The Kier molecular flexibility index (Phi) is 5.87. The van der Waals surface area contributed by atoms with Crippen molar-refractivity contribution in [3.8, 4) is 34.2 Å². The summed E-state index contributed by atoms with van der Waals surface area (Å²) in [5.41, 5.74) is 4.34. The van der Waals surface area contributed by atoms with Crippen LogP contribution in [0.1, 0.15) is 16.9 Å². The normalized spacial score (nSPS) is 12.9. The van der Waals surface area contributed by atoms with Crippen molar-refractivity contribution >= 4 is 70.6 Å². The minimum Gasteiger partial charge on any atom is -0.208 e. The van der Waals surface area contributed by atoms with Gasteiger partial charge < -0.3 is 0 Å². The highest BCUT2D eigenvalue weighted by molar-refractivity contribution is 7.19. The third-order valence-electron chi connectivity index (χ3n) is 9.55. The fraction of sp³-hybridized carbons (Fsp3) is 0.0465. The molecule has 0 radical (unpaired) electrons. The van der Waals surface area contributed by atoms with Crippen LogP contribution < -0.4 is 0 Å². The van der Waals surface area contributed by atoms with Gasteiger partial charge in [-0.25, -0.2) is 15.0 Å². The zero-order chi connectivity index (χ0) is 30.9. The molecule has 0 atom stereocenters. The molecule has 3 nitrogen and oxygen atoms in total. The number of allylic oxidation sites excluding steroid dienone is 1. The summed E-state index contributed by atoms with van der Waals surface area (Å²) < 4.78 is 1.27. The van der Waals surface area contributed by atoms with Crippen molar-refractivity contribution in [3.63, 3.8) is 0 Å². The maximum atomic E-state index is 5.34. The maximum Gasteiger partial charge on any atom is 0.164 e. The van der Waals surface area contributed by atoms with Gasteiger partial charge in [-0.3, -0.25) is 0 Å². The number of hydrogen-bond acceptors (Lipinski definition) is 4. The second-order valence-corrected chi connectivity index (χ2v) is 13.4. The second-order valence-electron chi connectivity index (χ2n) is 12.2. The van der Waals surface area contributed by atoms with E-state index in [1.807, 2.05) is 29.5 Å². The summed E-state index contributed by atoms with van der Waals surface area (Å²) in [4.78, 5) is 17.2. The lowest BCUT2D eigenvalue weighted by Crippen LogP contribution is -2.01. The first-order chi connectivity index (χ1) is 23.3. The number of aromatic nitrogens is 3. The number of rotatable bonds is 3. The fourth-order valence-corrected chi connectivity index (χ4v) is 8.70. The molecular formula is C43H27N3S. The van der Waals surface area contributed by atoms with Crippen molar-refractivity contribution in [1.29, 1.82) is 0 Å². The molecule has 9 aromatic rings. The molecule has 1 aliphatic rings. The van der Waals surface area contributed by atoms with Crippen LogP contribution in [0.25, 0.3) is 93.4 Å². The highest BCUT2D eigenvalue weighted by Crippen LogP contribution is 2.44. The molecule has 0 spiro atoms. The van der Waals surface area contributed by atoms with Crippen LogP contribution in [0.2, 0.25) is 0 Å². The first-order valence-electron chi connectivity index (χ1n) is 16.1. The van der Waals surface area contributed by atoms with Gasteiger partial charge >= 0.3 is 0 Å². The smallest absolute Gasteiger partial charge is 0.164 e. The van der Waals surface area contributed by atoms with E-state index in [-0.39, 0.29) is 0 Å². The molecule has 7 aromatic carbocycles. The lowest BCUT2D eigenvalue weighted by atomic mass is 9.89. The number of benzene rings is 7. The molecule has 0 saturated heterocycles. The van der Waals surface area contributed by atoms with Gasteiger partial charge in [0.05, 0.1) is 0 Å². The van der Waals surface area contributed by atoms with Gasteiger partial charge in [0.15, 0.2) is 17.5 Å². The third-order valence-corrected chi connectivity index (χ3v) is 10.8. The van der Waals surface area contributed by atoms with Crippen molar-refractivity contribution in [1.82, 2.24) is 15.0 Å². The van der Waals surface area contributed by atoms with Crippen molar-refractivity contribution < 1.29 is 0 Å². The van der Waals surface area contributed by atoms with Gasteiger partial charge in [-0.1, -0.05) is 127 Å². The van der Waals surface area contributed by atoms with Crippen LogP contribution in [0, 0.1) is 0 Å². The number of fused-ring (bicyclic) bond motifs is 11. The lowest BCUT2D eigenvalue weighted by Gasteiger charge is -2.16. The Morgan fingerprint density at radius 1 is 0.468 bits per heavy atom. The van der Waals surface area contributed by atoms with E-state index in [0.717, 1.165) is 34.9 Å². The zero-order valence-electron chi connectivity index (χ0n) is 25.4. The molecular weight excluding hydrogens is 591 g/mol. The first-order valence-corrected chi connectivity index (χ1v) is 16.9. The fourth-order valence-electron chi connectivity index (χ4n) is 7.47. The van der Waals surface area contributed by atoms with E-state index >= 15 is 0 Å². The van der Waals surface area contributed by atoms with E-state index in [2.05, 4.69) is 121 Å². The Balaban J connectivity index is 1.33. The van der Waals surface area contributed by atoms with Gasteiger partial charge in [0.25, 0.3) is 0 Å². The van der Waals surface area contributed by atoms with Crippen molar-refractivity contribution in [2.24, 2.45) is 0 Å². The largest absolute Gasteiger partial charge is 0.208 e. The summed E-state index contributed by atoms with van der Waals surface area (Å²) in [5.74, 6) is 2.06. The van der Waals surface area contributed by atoms with Gasteiger partial charge in [-0.15, -0.1) is 11.3 Å². The number of aryl methyl sites for hydroxylation is 1. The summed E-state index contributed by atoms with van der Waals surface area (Å²) in [6.45, 7) is 0. The van der Waals surface area contributed by atoms with E-state index < -0.39 is 0 Å². The van der Waals surface area contributed by atoms with Gasteiger partial charge in [-0.05, 0) is 73.6 Å². The molecule has 0 fully saturated rings. The molecule has 47 heavy (non-hydrogen) atoms. The van der Waals surface area contributed by atoms with Crippen LogP contribution in [0.15, 0.2) is 133 Å². The van der Waals surface area contributed by atoms with E-state index in [1.165, 1.54) is 58.2 Å². The zero-order valence-corrected chi connectivity index (χ0v) is 26.3. The molecule has 4 heteroatoms. The van der Waals surface area contributed by atoms with E-state index in [1.54, 1.807) is 0 Å². The predicted octanol–water partition coefficient (Wildman–Crippen LogP) is 11.7. The Morgan fingerprint density at radius 3 is 1.83 bits per heavy atom. The maximum absolute atomic E-state index is 5.34. The van der Waals surface area contributed by atoms with Crippen LogP contribution in [0.4, 0.5) is 0 Å². The van der Waals surface area contributed by atoms with Crippen LogP contribution in [-0.2, 0) is 6.42 Å². The van der Waals surface area contributed by atoms with Gasteiger partial charge in [-0.2, -0.15) is 0 Å². The van der Waals surface area contributed by atoms with Crippen LogP contribution in [0.3, 0.4) is 0 Å². The number of hydrogen-bond donors (Lipinski definition) is 0. The quantitative estimate of drug-likeness (QED) is 0.185. The third kappa shape index (κ3) is 4.08. The van der Waals surface area contributed by atoms with Gasteiger partial charge in [0.2, 0.25) is 0 Å². The van der Waals surface area contributed by atoms with Crippen LogP contribution >= 0.6 is 11.3 Å². The Hall–Kier alpha value is -5.71. The second kappa shape index (κ2) is 10.4. The highest BCUT2D eigenvalue weighted by Gasteiger charge is 2.21. The molecule has 0 saturated carbocycles. The van der Waals surface area contributed by atoms with Crippen molar-refractivity contribution in [2.45, 2.75) is 12.8 Å². The molecule has 0 N–H and O–H groups in total. The van der Waals surface area contributed by atoms with Crippen LogP contribution in [0.5, 0.6) is 0 Å². The standard InChI is InChI=1S/C43H27N3S/c1-2-13-26(14-3-1)41-44-42(34-22-12-24-38-40(34)33-21-10-11-23-37(33)47-38)46-43(45-41)36-25-35-29-17-5-4-15-27(29)28-16-6-8-19-31(28)39(35)32-20-9-7-18-30(32)36/h1-10,12-22,24-25H,11,23H2. The minimum atomic E-state index is 0.676. The lowest BCUT2D eigenvalue weighted by molar-refractivity contribution is 1.02. The van der Waals surface area contributed by atoms with Crippen molar-refractivity contribution in [2.75, 3.05) is 0 Å². The summed E-state index contributed by atoms with van der Waals surface area (Å²) in [6.07, 6.45) is 6.73. The molecule has 2 heterocycles. The topological polar surface area (TPSA) is 38.7 Å². The molecule has 10 rings (SSSR count). The Labute approximate surface area is 275 Å². The number of nitrogens with zero attached hydrogens (tertiary/aromatic N) is 3. The van der Waals surface area contributed by atoms with Gasteiger partial charge in [0, 0.05) is 31.7 Å². The minimum absolute atomic E-state index is 0.676. The van der Waals surface area contributed by atoms with Crippen LogP contribution in [-0.4, -0.2) is 15.0 Å². The predicted molar refractivity (Wildman–Crippen MR) is 199 cm³/mol. The van der Waals surface area contributed by atoms with Crippen molar-refractivity contribution in [3.05, 3.63) is 144 Å². The molecule has 0 unspecified atom stereocenters. The molecule has 2 aromatic heterocycles. The molecule has 0 amide bonds. The first kappa shape index (κ1) is 26.5. The average molecular weight is 618 g/mol. The summed E-state index contributed by atoms with van der Waals surface area (Å²) in [5, 5.41) is 11.0. The molecule has 1 aliphatic carbocycles. The molecule has 220 valence electrons. The molecule has 0 aliphatic heterocycles. The van der Waals surface area contributed by atoms with Gasteiger partial charge in [0.1, 0.15) is 0 Å². The summed E-state index contributed by atoms with van der Waals surface area (Å²) in [6, 6.07) is 45.3. The summed E-state index contributed by atoms with van der Waals surface area (Å²) >= 11 is 1.89. The summed E-state index contributed by atoms with van der Waals surface area (Å²) in [7, 11) is 0. The number of thiophene rings is 1. The molecule has 0 bridgehead atoms.